The van der Waals surface area contributed by atoms with E-state index in [1.807, 2.05) is 0 Å². The summed E-state index contributed by atoms with van der Waals surface area (Å²) < 4.78 is 49.0. The van der Waals surface area contributed by atoms with Gasteiger partial charge in [0.2, 0.25) is 0 Å². The Bertz CT molecular complexity index is 712. The maximum absolute atomic E-state index is 11.5. The Morgan fingerprint density at radius 1 is 0.327 bits per heavy atom. The van der Waals surface area contributed by atoms with Gasteiger partial charge in [-0.05, 0) is 19.3 Å². The number of carbonyl (C=O) groups excluding carboxylic acids is 1. The van der Waals surface area contributed by atoms with Gasteiger partial charge in [0.25, 0.3) is 0 Å². The molecule has 0 aliphatic carbocycles. The van der Waals surface area contributed by atoms with Gasteiger partial charge < -0.3 is 47.7 Å². The third kappa shape index (κ3) is 46.6. The summed E-state index contributed by atoms with van der Waals surface area (Å²) in [6.07, 6.45) is 23.4. The van der Waals surface area contributed by atoms with Crippen molar-refractivity contribution in [2.45, 2.75) is 135 Å². The smallest absolute Gasteiger partial charge is 0.305 e. The largest absolute Gasteiger partial charge is 0.481 e. The zero-order valence-electron chi connectivity index (χ0n) is 33.1. The number of rotatable bonds is 46. The Balaban J connectivity index is 3.09. The molecule has 0 aromatic heterocycles. The maximum Gasteiger partial charge on any atom is 0.305 e. The van der Waals surface area contributed by atoms with E-state index in [0.29, 0.717) is 112 Å². The van der Waals surface area contributed by atoms with Gasteiger partial charge in [0.15, 0.2) is 0 Å². The number of carboxylic acids is 1. The number of carboxylic acid groups (broad SMARTS) is 1. The molecule has 0 radical (unpaired) electrons. The predicted octanol–water partition coefficient (Wildman–Crippen LogP) is 7.57. The van der Waals surface area contributed by atoms with E-state index in [0.717, 1.165) is 13.0 Å². The van der Waals surface area contributed by atoms with Gasteiger partial charge in [-0.25, -0.2) is 0 Å². The normalized spacial score (nSPS) is 11.4. The van der Waals surface area contributed by atoms with Crippen LogP contribution in [-0.2, 0) is 52.2 Å². The lowest BCUT2D eigenvalue weighted by Crippen LogP contribution is -2.15. The third-order valence-electron chi connectivity index (χ3n) is 8.26. The van der Waals surface area contributed by atoms with E-state index in [-0.39, 0.29) is 25.4 Å². The number of aliphatic carboxylic acids is 1. The van der Waals surface area contributed by atoms with Gasteiger partial charge in [-0.1, -0.05) is 103 Å². The van der Waals surface area contributed by atoms with Crippen LogP contribution in [0, 0.1) is 0 Å². The Hall–Kier alpha value is -1.38. The summed E-state index contributed by atoms with van der Waals surface area (Å²) in [6, 6.07) is 0. The lowest BCUT2D eigenvalue weighted by Gasteiger charge is -2.09. The van der Waals surface area contributed by atoms with Crippen LogP contribution in [0.4, 0.5) is 0 Å². The van der Waals surface area contributed by atoms with E-state index in [1.165, 1.54) is 96.3 Å². The minimum absolute atomic E-state index is 0.0654. The Kier molecular flexibility index (Phi) is 44.6. The van der Waals surface area contributed by atoms with Crippen LogP contribution in [0.5, 0.6) is 0 Å². The molecule has 0 aromatic rings. The van der Waals surface area contributed by atoms with Crippen molar-refractivity contribution in [3.8, 4) is 0 Å². The molecule has 0 saturated heterocycles. The molecule has 0 aliphatic rings. The van der Waals surface area contributed by atoms with E-state index in [9.17, 15) is 9.59 Å². The highest BCUT2D eigenvalue weighted by molar-refractivity contribution is 5.69. The molecule has 0 spiro atoms. The number of ether oxygens (including phenoxy) is 9. The van der Waals surface area contributed by atoms with Crippen LogP contribution in [-0.4, -0.2) is 129 Å². The summed E-state index contributed by atoms with van der Waals surface area (Å²) in [6.45, 7) is 10.7. The van der Waals surface area contributed by atoms with Crippen molar-refractivity contribution in [3.05, 3.63) is 0 Å². The first-order valence-corrected chi connectivity index (χ1v) is 20.7. The van der Waals surface area contributed by atoms with E-state index >= 15 is 0 Å². The second-order valence-electron chi connectivity index (χ2n) is 13.0. The van der Waals surface area contributed by atoms with Gasteiger partial charge in [-0.2, -0.15) is 0 Å². The maximum atomic E-state index is 11.5. The average Bonchev–Trinajstić information content (AvgIpc) is 3.14. The average molecular weight is 751 g/mol. The van der Waals surface area contributed by atoms with Crippen LogP contribution in [0.25, 0.3) is 0 Å². The summed E-state index contributed by atoms with van der Waals surface area (Å²) in [5.41, 5.74) is 0. The summed E-state index contributed by atoms with van der Waals surface area (Å²) in [4.78, 5) is 21.9. The number of carbonyl (C=O) groups is 2. The van der Waals surface area contributed by atoms with Crippen molar-refractivity contribution in [1.29, 1.82) is 0 Å². The van der Waals surface area contributed by atoms with Gasteiger partial charge >= 0.3 is 11.9 Å². The minimum atomic E-state index is -0.858. The quantitative estimate of drug-likeness (QED) is 0.0485. The van der Waals surface area contributed by atoms with E-state index in [1.54, 1.807) is 0 Å². The molecule has 12 nitrogen and oxygen atoms in total. The predicted molar refractivity (Wildman–Crippen MR) is 203 cm³/mol. The summed E-state index contributed by atoms with van der Waals surface area (Å²) in [7, 11) is 0. The van der Waals surface area contributed by atoms with Crippen molar-refractivity contribution in [1.82, 2.24) is 0 Å². The topological polar surface area (TPSA) is 137 Å². The van der Waals surface area contributed by atoms with Gasteiger partial charge in [0.05, 0.1) is 99.1 Å². The fraction of sp³-hybridized carbons (Fsp3) is 0.950. The first-order chi connectivity index (χ1) is 25.7. The van der Waals surface area contributed by atoms with Crippen LogP contribution in [0.1, 0.15) is 135 Å². The second-order valence-corrected chi connectivity index (χ2v) is 13.0. The summed E-state index contributed by atoms with van der Waals surface area (Å²) in [5, 5.41) is 8.56. The zero-order chi connectivity index (χ0) is 37.7. The molecule has 0 fully saturated rings. The number of unbranched alkanes of at least 4 members (excludes halogenated alkanes) is 16. The summed E-state index contributed by atoms with van der Waals surface area (Å²) in [5.74, 6) is -1.20. The first kappa shape index (κ1) is 50.6. The lowest BCUT2D eigenvalue weighted by molar-refractivity contribution is -0.146. The highest BCUT2D eigenvalue weighted by Crippen LogP contribution is 2.13. The standard InChI is InChI=1S/C40H78O12/c1-2-3-4-5-6-7-8-9-10-11-12-13-14-15-16-19-22-44-23-24-45-25-26-46-27-28-47-29-30-48-31-32-49-33-34-50-35-36-51-37-38-52-40(43)21-18-17-20-39(41)42/h2-38H2,1H3,(H,41,42). The van der Waals surface area contributed by atoms with Crippen LogP contribution >= 0.6 is 0 Å². The van der Waals surface area contributed by atoms with E-state index in [4.69, 9.17) is 47.7 Å². The molecule has 0 unspecified atom stereocenters. The van der Waals surface area contributed by atoms with Crippen LogP contribution in [0.15, 0.2) is 0 Å². The van der Waals surface area contributed by atoms with Crippen LogP contribution < -0.4 is 0 Å². The second kappa shape index (κ2) is 45.8. The van der Waals surface area contributed by atoms with Gasteiger partial charge in [-0.15, -0.1) is 0 Å². The highest BCUT2D eigenvalue weighted by atomic mass is 16.6. The summed E-state index contributed by atoms with van der Waals surface area (Å²) >= 11 is 0. The third-order valence-corrected chi connectivity index (χ3v) is 8.26. The zero-order valence-corrected chi connectivity index (χ0v) is 33.1. The van der Waals surface area contributed by atoms with Crippen molar-refractivity contribution < 1.29 is 57.3 Å². The molecule has 1 N–H and O–H groups in total. The van der Waals surface area contributed by atoms with Crippen molar-refractivity contribution in [2.75, 3.05) is 112 Å². The van der Waals surface area contributed by atoms with Gasteiger partial charge in [0.1, 0.15) is 6.61 Å². The van der Waals surface area contributed by atoms with E-state index < -0.39 is 5.97 Å². The number of hydrogen-bond donors (Lipinski definition) is 1. The van der Waals surface area contributed by atoms with Gasteiger partial charge in [-0.3, -0.25) is 9.59 Å². The molecule has 0 heterocycles. The molecule has 0 rings (SSSR count). The monoisotopic (exact) mass is 751 g/mol. The van der Waals surface area contributed by atoms with Gasteiger partial charge in [0, 0.05) is 19.4 Å². The van der Waals surface area contributed by atoms with E-state index in [2.05, 4.69) is 6.92 Å². The van der Waals surface area contributed by atoms with Crippen LogP contribution in [0.3, 0.4) is 0 Å². The van der Waals surface area contributed by atoms with Crippen molar-refractivity contribution in [2.24, 2.45) is 0 Å². The lowest BCUT2D eigenvalue weighted by atomic mass is 10.0. The molecule has 12 heteroatoms. The molecule has 0 atom stereocenters. The number of hydrogen-bond acceptors (Lipinski definition) is 11. The fourth-order valence-corrected chi connectivity index (χ4v) is 5.23. The molecule has 310 valence electrons. The minimum Gasteiger partial charge on any atom is -0.481 e. The molecule has 0 aliphatic heterocycles. The molecular formula is C40H78O12. The fourth-order valence-electron chi connectivity index (χ4n) is 5.23. The van der Waals surface area contributed by atoms with Crippen LogP contribution in [0.2, 0.25) is 0 Å². The molecule has 0 amide bonds. The molecule has 52 heavy (non-hydrogen) atoms. The molecule has 0 saturated carbocycles. The Morgan fingerprint density at radius 2 is 0.596 bits per heavy atom. The Morgan fingerprint density at radius 3 is 0.923 bits per heavy atom. The van der Waals surface area contributed by atoms with Crippen molar-refractivity contribution >= 4 is 11.9 Å². The first-order valence-electron chi connectivity index (χ1n) is 20.7. The van der Waals surface area contributed by atoms with Crippen molar-refractivity contribution in [3.63, 3.8) is 0 Å². The Labute approximate surface area is 316 Å². The SMILES string of the molecule is CCCCCCCCCCCCCCCCCCOCCOCCOCCOCCOCCOCCOCCOCCOC(=O)CCCCC(=O)O. The molecular weight excluding hydrogens is 672 g/mol. The molecule has 0 aromatic carbocycles. The number of esters is 1. The highest BCUT2D eigenvalue weighted by Gasteiger charge is 2.04. The molecule has 0 bridgehead atoms.